The number of carbonyl (C=O) groups excluding carboxylic acids is 1. The average molecular weight is 376 g/mol. The van der Waals surface area contributed by atoms with Gasteiger partial charge < -0.3 is 14.2 Å². The van der Waals surface area contributed by atoms with Crippen LogP contribution in [0.4, 0.5) is 0 Å². The van der Waals surface area contributed by atoms with E-state index in [1.54, 1.807) is 19.0 Å². The highest BCUT2D eigenvalue weighted by Crippen LogP contribution is 2.23. The van der Waals surface area contributed by atoms with Gasteiger partial charge in [0.15, 0.2) is 0 Å². The molecular formula is C20H29N3O2S. The molecule has 2 aromatic rings. The Balaban J connectivity index is 1.57. The second-order valence-electron chi connectivity index (χ2n) is 7.33. The van der Waals surface area contributed by atoms with Crippen LogP contribution in [-0.2, 0) is 29.2 Å². The van der Waals surface area contributed by atoms with Crippen LogP contribution in [0.5, 0.6) is 0 Å². The third-order valence-corrected chi connectivity index (χ3v) is 5.84. The molecule has 26 heavy (non-hydrogen) atoms. The lowest BCUT2D eigenvalue weighted by molar-refractivity contribution is -0.133. The van der Waals surface area contributed by atoms with Gasteiger partial charge >= 0.3 is 0 Å². The quantitative estimate of drug-likeness (QED) is 0.698. The molecule has 0 bridgehead atoms. The summed E-state index contributed by atoms with van der Waals surface area (Å²) in [5, 5.41) is 0. The molecule has 0 aliphatic carbocycles. The molecule has 1 aliphatic rings. The summed E-state index contributed by atoms with van der Waals surface area (Å²) in [5.74, 6) is 0.549. The molecule has 0 spiro atoms. The second-order valence-corrected chi connectivity index (χ2v) is 8.70. The summed E-state index contributed by atoms with van der Waals surface area (Å²) in [6, 6.07) is 8.81. The zero-order valence-electron chi connectivity index (χ0n) is 16.0. The number of likely N-dealkylation sites (N-methyl/N-ethyl adjacent to an activating group) is 1. The Morgan fingerprint density at radius 3 is 2.88 bits per heavy atom. The number of nitrogens with zero attached hydrogens (tertiary/aromatic N) is 3. The van der Waals surface area contributed by atoms with Crippen LogP contribution in [0, 0.1) is 12.8 Å². The van der Waals surface area contributed by atoms with Gasteiger partial charge in [0.05, 0.1) is 0 Å². The number of hydrogen-bond donors (Lipinski definition) is 0. The zero-order valence-corrected chi connectivity index (χ0v) is 16.8. The molecule has 0 saturated heterocycles. The van der Waals surface area contributed by atoms with Crippen molar-refractivity contribution in [2.45, 2.75) is 33.0 Å². The molecule has 0 radical (unpaired) electrons. The first kappa shape index (κ1) is 19.1. The number of rotatable bonds is 7. The van der Waals surface area contributed by atoms with Gasteiger partial charge in [-0.25, -0.2) is 0 Å². The van der Waals surface area contributed by atoms with Gasteiger partial charge in [-0.3, -0.25) is 9.69 Å². The summed E-state index contributed by atoms with van der Waals surface area (Å²) in [6.45, 7) is 7.04. The van der Waals surface area contributed by atoms with E-state index in [0.29, 0.717) is 12.5 Å². The summed E-state index contributed by atoms with van der Waals surface area (Å²) in [7, 11) is 3.52. The lowest BCUT2D eigenvalue weighted by Gasteiger charge is -2.23. The summed E-state index contributed by atoms with van der Waals surface area (Å²) >= 11 is 1.88. The maximum Gasteiger partial charge on any atom is 0.248 e. The molecule has 1 amide bonds. The number of fused-ring (bicyclic) bond motifs is 1. The van der Waals surface area contributed by atoms with E-state index >= 15 is 0 Å². The average Bonchev–Trinajstić information content (AvgIpc) is 3.16. The maximum absolute atomic E-state index is 11.6. The van der Waals surface area contributed by atoms with Gasteiger partial charge in [0.25, 0.3) is 0 Å². The van der Waals surface area contributed by atoms with Crippen molar-refractivity contribution < 1.29 is 9.53 Å². The lowest BCUT2D eigenvalue weighted by Crippen LogP contribution is -2.29. The van der Waals surface area contributed by atoms with Crippen molar-refractivity contribution in [2.75, 3.05) is 33.9 Å². The molecule has 0 aromatic carbocycles. The minimum atomic E-state index is 0.0215. The van der Waals surface area contributed by atoms with Gasteiger partial charge in [-0.05, 0) is 43.5 Å². The molecule has 142 valence electrons. The fourth-order valence-electron chi connectivity index (χ4n) is 3.40. The van der Waals surface area contributed by atoms with Crippen LogP contribution >= 0.6 is 11.3 Å². The Morgan fingerprint density at radius 1 is 1.31 bits per heavy atom. The van der Waals surface area contributed by atoms with Gasteiger partial charge in [-0.15, -0.1) is 11.3 Å². The van der Waals surface area contributed by atoms with E-state index in [9.17, 15) is 4.79 Å². The number of carbonyl (C=O) groups is 1. The van der Waals surface area contributed by atoms with Crippen molar-refractivity contribution in [2.24, 2.45) is 5.92 Å². The van der Waals surface area contributed by atoms with Crippen molar-refractivity contribution in [3.63, 3.8) is 0 Å². The summed E-state index contributed by atoms with van der Waals surface area (Å²) in [6.07, 6.45) is 3.15. The van der Waals surface area contributed by atoms with E-state index in [1.165, 1.54) is 15.4 Å². The molecule has 0 fully saturated rings. The first-order chi connectivity index (χ1) is 12.5. The van der Waals surface area contributed by atoms with Crippen LogP contribution < -0.4 is 0 Å². The topological polar surface area (TPSA) is 37.7 Å². The Kier molecular flexibility index (Phi) is 6.51. The second kappa shape index (κ2) is 8.84. The van der Waals surface area contributed by atoms with Crippen LogP contribution in [0.25, 0.3) is 0 Å². The number of hydrogen-bond acceptors (Lipinski definition) is 4. The molecule has 1 atom stereocenters. The molecule has 0 unspecified atom stereocenters. The van der Waals surface area contributed by atoms with Crippen molar-refractivity contribution in [1.29, 1.82) is 0 Å². The molecule has 0 saturated carbocycles. The highest BCUT2D eigenvalue weighted by atomic mass is 32.1. The highest BCUT2D eigenvalue weighted by Gasteiger charge is 2.22. The molecule has 5 nitrogen and oxygen atoms in total. The van der Waals surface area contributed by atoms with E-state index in [4.69, 9.17) is 4.74 Å². The monoisotopic (exact) mass is 375 g/mol. The first-order valence-electron chi connectivity index (χ1n) is 9.21. The first-order valence-corrected chi connectivity index (χ1v) is 10.0. The van der Waals surface area contributed by atoms with Crippen molar-refractivity contribution in [3.05, 3.63) is 45.9 Å². The van der Waals surface area contributed by atoms with Crippen LogP contribution in [0.15, 0.2) is 30.5 Å². The van der Waals surface area contributed by atoms with Crippen LogP contribution in [0.1, 0.15) is 21.9 Å². The molecular weight excluding hydrogens is 346 g/mol. The minimum absolute atomic E-state index is 0.0215. The fourth-order valence-corrected chi connectivity index (χ4v) is 4.33. The molecule has 2 aromatic heterocycles. The fraction of sp³-hybridized carbons (Fsp3) is 0.550. The third kappa shape index (κ3) is 5.19. The number of aryl methyl sites for hydroxylation is 1. The minimum Gasteiger partial charge on any atom is -0.372 e. The number of aromatic nitrogens is 1. The predicted octanol–water partition coefficient (Wildman–Crippen LogP) is 2.98. The molecule has 1 aliphatic heterocycles. The van der Waals surface area contributed by atoms with Gasteiger partial charge in [0, 0.05) is 68.5 Å². The van der Waals surface area contributed by atoms with Gasteiger partial charge in [0.2, 0.25) is 5.91 Å². The van der Waals surface area contributed by atoms with E-state index in [0.717, 1.165) is 32.6 Å². The SMILES string of the molecule is Cc1ccc(CN2Cc3cccn3C[C@H](CCOCC(=O)N(C)C)C2)s1. The molecule has 0 N–H and O–H groups in total. The van der Waals surface area contributed by atoms with E-state index in [1.807, 2.05) is 11.3 Å². The van der Waals surface area contributed by atoms with Crippen molar-refractivity contribution in [1.82, 2.24) is 14.4 Å². The largest absolute Gasteiger partial charge is 0.372 e. The third-order valence-electron chi connectivity index (χ3n) is 4.85. The Labute approximate surface area is 160 Å². The van der Waals surface area contributed by atoms with Crippen molar-refractivity contribution >= 4 is 17.2 Å². The number of ether oxygens (including phenoxy) is 1. The van der Waals surface area contributed by atoms with Crippen molar-refractivity contribution in [3.8, 4) is 0 Å². The van der Waals surface area contributed by atoms with Crippen LogP contribution in [0.2, 0.25) is 0 Å². The number of thiophene rings is 1. The molecule has 6 heteroatoms. The maximum atomic E-state index is 11.6. The lowest BCUT2D eigenvalue weighted by atomic mass is 10.1. The normalized spacial score (nSPS) is 17.7. The summed E-state index contributed by atoms with van der Waals surface area (Å²) in [5.41, 5.74) is 1.38. The predicted molar refractivity (Wildman–Crippen MR) is 105 cm³/mol. The summed E-state index contributed by atoms with van der Waals surface area (Å²) < 4.78 is 7.98. The Morgan fingerprint density at radius 2 is 2.15 bits per heavy atom. The highest BCUT2D eigenvalue weighted by molar-refractivity contribution is 7.11. The standard InChI is InChI=1S/C20H29N3O2S/c1-16-6-7-19(26-16)14-22-11-17(8-10-25-15-20(24)21(2)3)12-23-9-4-5-18(23)13-22/h4-7,9,17H,8,10-15H2,1-3H3/t17-/m1/s1. The number of amides is 1. The molecule has 3 rings (SSSR count). The van der Waals surface area contributed by atoms with Gasteiger partial charge in [-0.2, -0.15) is 0 Å². The Bertz CT molecular complexity index is 722. The van der Waals surface area contributed by atoms with Gasteiger partial charge in [0.1, 0.15) is 6.61 Å². The van der Waals surface area contributed by atoms with E-state index < -0.39 is 0 Å². The van der Waals surface area contributed by atoms with Gasteiger partial charge in [-0.1, -0.05) is 0 Å². The van der Waals surface area contributed by atoms with Crippen LogP contribution in [-0.4, -0.2) is 54.1 Å². The molecule has 3 heterocycles. The van der Waals surface area contributed by atoms with Crippen LogP contribution in [0.3, 0.4) is 0 Å². The summed E-state index contributed by atoms with van der Waals surface area (Å²) in [4.78, 5) is 18.5. The van der Waals surface area contributed by atoms with E-state index in [-0.39, 0.29) is 12.5 Å². The smallest absolute Gasteiger partial charge is 0.248 e. The Hall–Kier alpha value is -1.63. The van der Waals surface area contributed by atoms with E-state index in [2.05, 4.69) is 46.9 Å². The zero-order chi connectivity index (χ0) is 18.5.